The molecule has 6 nitrogen and oxygen atoms in total. The van der Waals surface area contributed by atoms with Crippen LogP contribution in [-0.4, -0.2) is 32.0 Å². The molecule has 0 fully saturated rings. The lowest BCUT2D eigenvalue weighted by molar-refractivity contribution is 0.0952. The Morgan fingerprint density at radius 3 is 2.62 bits per heavy atom. The van der Waals surface area contributed by atoms with Crippen molar-refractivity contribution >= 4 is 5.91 Å². The van der Waals surface area contributed by atoms with Crippen LogP contribution in [0.3, 0.4) is 0 Å². The Bertz CT molecular complexity index is 911. The summed E-state index contributed by atoms with van der Waals surface area (Å²) in [6.45, 7) is 4.22. The molecule has 1 N–H and O–H groups in total. The molecule has 7 heteroatoms. The first-order chi connectivity index (χ1) is 12.5. The van der Waals surface area contributed by atoms with E-state index in [1.165, 1.54) is 12.1 Å². The van der Waals surface area contributed by atoms with Crippen LogP contribution in [-0.2, 0) is 13.5 Å². The summed E-state index contributed by atoms with van der Waals surface area (Å²) in [5.74, 6) is -0.443. The van der Waals surface area contributed by atoms with Crippen molar-refractivity contribution in [2.45, 2.75) is 26.7 Å². The third-order valence-electron chi connectivity index (χ3n) is 4.28. The van der Waals surface area contributed by atoms with E-state index in [1.807, 2.05) is 26.4 Å². The molecule has 3 rings (SSSR count). The predicted molar refractivity (Wildman–Crippen MR) is 96.9 cm³/mol. The van der Waals surface area contributed by atoms with Gasteiger partial charge >= 0.3 is 0 Å². The number of rotatable bonds is 6. The Kier molecular flexibility index (Phi) is 5.16. The number of hydrogen-bond donors (Lipinski definition) is 1. The van der Waals surface area contributed by atoms with E-state index in [0.717, 1.165) is 29.8 Å². The molecule has 0 bridgehead atoms. The number of benzene rings is 1. The Hall–Kier alpha value is -2.96. The van der Waals surface area contributed by atoms with Crippen LogP contribution in [0.25, 0.3) is 5.69 Å². The van der Waals surface area contributed by atoms with Gasteiger partial charge in [0.25, 0.3) is 5.91 Å². The first-order valence-corrected chi connectivity index (χ1v) is 8.53. The second kappa shape index (κ2) is 7.51. The summed E-state index contributed by atoms with van der Waals surface area (Å²) >= 11 is 0. The van der Waals surface area contributed by atoms with E-state index in [0.29, 0.717) is 17.8 Å². The van der Waals surface area contributed by atoms with Gasteiger partial charge in [-0.1, -0.05) is 0 Å². The molecule has 2 aromatic heterocycles. The normalized spacial score (nSPS) is 10.9. The third kappa shape index (κ3) is 3.82. The highest BCUT2D eigenvalue weighted by molar-refractivity contribution is 5.96. The monoisotopic (exact) mass is 355 g/mol. The molecule has 0 aliphatic carbocycles. The number of hydrogen-bond acceptors (Lipinski definition) is 3. The van der Waals surface area contributed by atoms with Crippen LogP contribution in [0.15, 0.2) is 36.7 Å². The van der Waals surface area contributed by atoms with Crippen LogP contribution in [0.5, 0.6) is 0 Å². The summed E-state index contributed by atoms with van der Waals surface area (Å²) in [6, 6.07) is 6.04. The molecule has 2 heterocycles. The zero-order valence-electron chi connectivity index (χ0n) is 15.2. The van der Waals surface area contributed by atoms with Crippen LogP contribution in [0, 0.1) is 19.7 Å². The number of aromatic nitrogens is 4. The van der Waals surface area contributed by atoms with Crippen molar-refractivity contribution in [3.05, 3.63) is 65.0 Å². The summed E-state index contributed by atoms with van der Waals surface area (Å²) in [4.78, 5) is 12.6. The molecule has 136 valence electrons. The van der Waals surface area contributed by atoms with E-state index < -0.39 is 0 Å². The average Bonchev–Trinajstić information content (AvgIpc) is 3.15. The molecule has 0 radical (unpaired) electrons. The van der Waals surface area contributed by atoms with Gasteiger partial charge in [0.05, 0.1) is 28.8 Å². The SMILES string of the molecule is Cc1nn(-c2ccc(F)cc2)c(C)c1C(=O)NCCCc1cnn(C)c1. The predicted octanol–water partition coefficient (Wildman–Crippen LogP) is 2.72. The van der Waals surface area contributed by atoms with E-state index >= 15 is 0 Å². The molecule has 1 amide bonds. The topological polar surface area (TPSA) is 64.7 Å². The van der Waals surface area contributed by atoms with E-state index in [-0.39, 0.29) is 11.7 Å². The second-order valence-electron chi connectivity index (χ2n) is 6.32. The lowest BCUT2D eigenvalue weighted by Gasteiger charge is -2.07. The van der Waals surface area contributed by atoms with Crippen molar-refractivity contribution in [3.8, 4) is 5.69 Å². The highest BCUT2D eigenvalue weighted by Gasteiger charge is 2.19. The molecule has 3 aromatic rings. The van der Waals surface area contributed by atoms with Gasteiger partial charge < -0.3 is 5.32 Å². The van der Waals surface area contributed by atoms with Crippen molar-refractivity contribution in [3.63, 3.8) is 0 Å². The van der Waals surface area contributed by atoms with E-state index in [9.17, 15) is 9.18 Å². The standard InChI is InChI=1S/C19H22FN5O/c1-13-18(14(2)25(23-13)17-8-6-16(20)7-9-17)19(26)21-10-4-5-15-11-22-24(3)12-15/h6-9,11-12H,4-5,10H2,1-3H3,(H,21,26). The number of aryl methyl sites for hydroxylation is 3. The van der Waals surface area contributed by atoms with E-state index in [1.54, 1.807) is 28.4 Å². The largest absolute Gasteiger partial charge is 0.352 e. The average molecular weight is 355 g/mol. The molecular weight excluding hydrogens is 333 g/mol. The zero-order chi connectivity index (χ0) is 18.7. The van der Waals surface area contributed by atoms with Crippen molar-refractivity contribution in [2.24, 2.45) is 7.05 Å². The Labute approximate surface area is 151 Å². The molecule has 0 spiro atoms. The summed E-state index contributed by atoms with van der Waals surface area (Å²) in [7, 11) is 1.88. The molecule has 0 saturated heterocycles. The fourth-order valence-electron chi connectivity index (χ4n) is 2.99. The fourth-order valence-corrected chi connectivity index (χ4v) is 2.99. The van der Waals surface area contributed by atoms with Crippen LogP contribution in [0.2, 0.25) is 0 Å². The highest BCUT2D eigenvalue weighted by atomic mass is 19.1. The number of nitrogens with one attached hydrogen (secondary N) is 1. The first kappa shape index (κ1) is 17.8. The number of carbonyl (C=O) groups is 1. The number of amides is 1. The molecular formula is C19H22FN5O. The van der Waals surface area contributed by atoms with E-state index in [2.05, 4.69) is 15.5 Å². The number of nitrogens with zero attached hydrogens (tertiary/aromatic N) is 4. The quantitative estimate of drug-likeness (QED) is 0.692. The molecule has 26 heavy (non-hydrogen) atoms. The number of halogens is 1. The summed E-state index contributed by atoms with van der Waals surface area (Å²) in [6.07, 6.45) is 5.51. The molecule has 0 unspecified atom stereocenters. The zero-order valence-corrected chi connectivity index (χ0v) is 15.2. The minimum Gasteiger partial charge on any atom is -0.352 e. The summed E-state index contributed by atoms with van der Waals surface area (Å²) < 4.78 is 16.5. The van der Waals surface area contributed by atoms with Gasteiger partial charge in [-0.15, -0.1) is 0 Å². The Balaban J connectivity index is 1.64. The van der Waals surface area contributed by atoms with Gasteiger partial charge in [-0.25, -0.2) is 9.07 Å². The summed E-state index contributed by atoms with van der Waals surface area (Å²) in [5.41, 5.74) is 3.83. The minimum atomic E-state index is -0.304. The Morgan fingerprint density at radius 2 is 1.96 bits per heavy atom. The molecule has 1 aromatic carbocycles. The maximum Gasteiger partial charge on any atom is 0.255 e. The van der Waals surface area contributed by atoms with Crippen molar-refractivity contribution in [2.75, 3.05) is 6.54 Å². The van der Waals surface area contributed by atoms with Crippen molar-refractivity contribution in [1.29, 1.82) is 0 Å². The van der Waals surface area contributed by atoms with Gasteiger partial charge in [-0.05, 0) is 56.5 Å². The van der Waals surface area contributed by atoms with Gasteiger partial charge in [0.1, 0.15) is 5.82 Å². The summed E-state index contributed by atoms with van der Waals surface area (Å²) in [5, 5.41) is 11.5. The van der Waals surface area contributed by atoms with Crippen LogP contribution in [0.1, 0.15) is 33.7 Å². The third-order valence-corrected chi connectivity index (χ3v) is 4.28. The van der Waals surface area contributed by atoms with Crippen molar-refractivity contribution in [1.82, 2.24) is 24.9 Å². The maximum absolute atomic E-state index is 13.1. The smallest absolute Gasteiger partial charge is 0.255 e. The molecule has 0 saturated carbocycles. The van der Waals surface area contributed by atoms with E-state index in [4.69, 9.17) is 0 Å². The minimum absolute atomic E-state index is 0.139. The van der Waals surface area contributed by atoms with Crippen LogP contribution in [0.4, 0.5) is 4.39 Å². The van der Waals surface area contributed by atoms with Crippen LogP contribution >= 0.6 is 0 Å². The van der Waals surface area contributed by atoms with Gasteiger partial charge in [0.2, 0.25) is 0 Å². The van der Waals surface area contributed by atoms with Gasteiger partial charge in [0, 0.05) is 19.8 Å². The lowest BCUT2D eigenvalue weighted by Crippen LogP contribution is -2.25. The fraction of sp³-hybridized carbons (Fsp3) is 0.316. The van der Waals surface area contributed by atoms with Gasteiger partial charge in [-0.3, -0.25) is 9.48 Å². The maximum atomic E-state index is 13.1. The molecule has 0 atom stereocenters. The highest BCUT2D eigenvalue weighted by Crippen LogP contribution is 2.18. The second-order valence-corrected chi connectivity index (χ2v) is 6.32. The Morgan fingerprint density at radius 1 is 1.23 bits per heavy atom. The van der Waals surface area contributed by atoms with Crippen molar-refractivity contribution < 1.29 is 9.18 Å². The molecule has 0 aliphatic heterocycles. The molecule has 0 aliphatic rings. The van der Waals surface area contributed by atoms with Gasteiger partial charge in [-0.2, -0.15) is 10.2 Å². The first-order valence-electron chi connectivity index (χ1n) is 8.53. The number of carbonyl (C=O) groups excluding carboxylic acids is 1. The lowest BCUT2D eigenvalue weighted by atomic mass is 10.1. The van der Waals surface area contributed by atoms with Gasteiger partial charge in [0.15, 0.2) is 0 Å². The van der Waals surface area contributed by atoms with Crippen LogP contribution < -0.4 is 5.32 Å².